The zero-order valence-electron chi connectivity index (χ0n) is 13.1. The molecule has 0 bridgehead atoms. The first-order valence-corrected chi connectivity index (χ1v) is 7.70. The van der Waals surface area contributed by atoms with Gasteiger partial charge in [-0.05, 0) is 30.7 Å². The number of nitrogen functional groups attached to an aromatic ring is 1. The van der Waals surface area contributed by atoms with Gasteiger partial charge in [0.15, 0.2) is 29.0 Å². The fourth-order valence-electron chi connectivity index (χ4n) is 1.94. The predicted octanol–water partition coefficient (Wildman–Crippen LogP) is 2.40. The Hall–Kier alpha value is -2.87. The maximum atomic E-state index is 12.2. The van der Waals surface area contributed by atoms with Crippen LogP contribution in [0.3, 0.4) is 0 Å². The Morgan fingerprint density at radius 1 is 1.38 bits per heavy atom. The summed E-state index contributed by atoms with van der Waals surface area (Å²) >= 11 is 1.14. The minimum Gasteiger partial charge on any atom is -0.493 e. The number of hydrogen-bond acceptors (Lipinski definition) is 7. The number of thiazole rings is 1. The molecule has 1 aromatic heterocycles. The van der Waals surface area contributed by atoms with E-state index in [-0.39, 0.29) is 5.78 Å². The van der Waals surface area contributed by atoms with E-state index >= 15 is 0 Å². The third kappa shape index (κ3) is 4.32. The first-order chi connectivity index (χ1) is 11.4. The molecule has 0 atom stereocenters. The third-order valence-corrected chi connectivity index (χ3v) is 4.00. The van der Waals surface area contributed by atoms with E-state index < -0.39 is 12.6 Å². The highest BCUT2D eigenvalue weighted by Crippen LogP contribution is 2.29. The number of carboxylic acids is 1. The number of carboxylic acid groups (broad SMARTS) is 1. The molecule has 2 rings (SSSR count). The lowest BCUT2D eigenvalue weighted by atomic mass is 10.1. The summed E-state index contributed by atoms with van der Waals surface area (Å²) in [4.78, 5) is 27.2. The van der Waals surface area contributed by atoms with Crippen LogP contribution in [0.4, 0.5) is 5.13 Å². The van der Waals surface area contributed by atoms with Crippen LogP contribution in [0.1, 0.15) is 20.9 Å². The van der Waals surface area contributed by atoms with Crippen molar-refractivity contribution in [2.24, 2.45) is 0 Å². The Morgan fingerprint density at radius 3 is 2.71 bits per heavy atom. The SMILES string of the molecule is COc1cc(/C=C/C(=O)c2sc(N)nc2C)ccc1OCC(=O)O. The number of allylic oxidation sites excluding steroid dienone is 1. The van der Waals surface area contributed by atoms with Gasteiger partial charge in [-0.25, -0.2) is 9.78 Å². The maximum absolute atomic E-state index is 12.2. The molecule has 0 radical (unpaired) electrons. The van der Waals surface area contributed by atoms with Crippen molar-refractivity contribution in [1.82, 2.24) is 4.98 Å². The molecule has 8 heteroatoms. The largest absolute Gasteiger partial charge is 0.493 e. The highest BCUT2D eigenvalue weighted by Gasteiger charge is 2.12. The first-order valence-electron chi connectivity index (χ1n) is 6.88. The van der Waals surface area contributed by atoms with Crippen LogP contribution in [-0.4, -0.2) is 35.6 Å². The molecule has 126 valence electrons. The number of aromatic nitrogens is 1. The number of rotatable bonds is 7. The van der Waals surface area contributed by atoms with E-state index in [4.69, 9.17) is 20.3 Å². The smallest absolute Gasteiger partial charge is 0.341 e. The first kappa shape index (κ1) is 17.5. The number of nitrogens with two attached hydrogens (primary N) is 1. The van der Waals surface area contributed by atoms with Crippen LogP contribution < -0.4 is 15.2 Å². The van der Waals surface area contributed by atoms with E-state index in [0.717, 1.165) is 11.3 Å². The van der Waals surface area contributed by atoms with Gasteiger partial charge in [0, 0.05) is 0 Å². The van der Waals surface area contributed by atoms with Crippen molar-refractivity contribution in [2.45, 2.75) is 6.92 Å². The zero-order valence-corrected chi connectivity index (χ0v) is 13.9. The summed E-state index contributed by atoms with van der Waals surface area (Å²) in [5, 5.41) is 9.00. The molecule has 24 heavy (non-hydrogen) atoms. The second-order valence-corrected chi connectivity index (χ2v) is 5.79. The van der Waals surface area contributed by atoms with E-state index in [1.807, 2.05) is 0 Å². The summed E-state index contributed by atoms with van der Waals surface area (Å²) in [6.45, 7) is 1.27. The van der Waals surface area contributed by atoms with Crippen molar-refractivity contribution in [3.8, 4) is 11.5 Å². The van der Waals surface area contributed by atoms with Crippen LogP contribution in [0.25, 0.3) is 6.08 Å². The van der Waals surface area contributed by atoms with Gasteiger partial charge in [-0.1, -0.05) is 23.5 Å². The fourth-order valence-corrected chi connectivity index (χ4v) is 2.69. The van der Waals surface area contributed by atoms with Gasteiger partial charge < -0.3 is 20.3 Å². The van der Waals surface area contributed by atoms with E-state index in [2.05, 4.69) is 4.98 Å². The average Bonchev–Trinajstić information content (AvgIpc) is 2.89. The number of carbonyl (C=O) groups is 2. The predicted molar refractivity (Wildman–Crippen MR) is 90.8 cm³/mol. The lowest BCUT2D eigenvalue weighted by molar-refractivity contribution is -0.139. The molecule has 0 aliphatic heterocycles. The Labute approximate surface area is 142 Å². The number of benzene rings is 1. The van der Waals surface area contributed by atoms with Gasteiger partial charge in [0.05, 0.1) is 17.7 Å². The lowest BCUT2D eigenvalue weighted by Gasteiger charge is -2.09. The number of aliphatic carboxylic acids is 1. The molecule has 1 aromatic carbocycles. The van der Waals surface area contributed by atoms with Crippen molar-refractivity contribution in [3.05, 3.63) is 40.4 Å². The second kappa shape index (κ2) is 7.60. The Kier molecular flexibility index (Phi) is 5.54. The number of aryl methyl sites for hydroxylation is 1. The number of ketones is 1. The van der Waals surface area contributed by atoms with Gasteiger partial charge >= 0.3 is 5.97 Å². The molecular formula is C16H16N2O5S. The fraction of sp³-hybridized carbons (Fsp3) is 0.188. The molecule has 2 aromatic rings. The van der Waals surface area contributed by atoms with Gasteiger partial charge in [0.2, 0.25) is 0 Å². The van der Waals surface area contributed by atoms with Crippen molar-refractivity contribution >= 4 is 34.3 Å². The van der Waals surface area contributed by atoms with Gasteiger partial charge in [0.1, 0.15) is 0 Å². The molecule has 0 saturated carbocycles. The van der Waals surface area contributed by atoms with Crippen molar-refractivity contribution < 1.29 is 24.2 Å². The summed E-state index contributed by atoms with van der Waals surface area (Å²) in [7, 11) is 1.45. The highest BCUT2D eigenvalue weighted by molar-refractivity contribution is 7.17. The molecule has 3 N–H and O–H groups in total. The number of nitrogens with zero attached hydrogens (tertiary/aromatic N) is 1. The summed E-state index contributed by atoms with van der Waals surface area (Å²) in [5.41, 5.74) is 6.89. The van der Waals surface area contributed by atoms with Gasteiger partial charge in [-0.2, -0.15) is 0 Å². The molecule has 1 heterocycles. The number of hydrogen-bond donors (Lipinski definition) is 2. The van der Waals surface area contributed by atoms with Gasteiger partial charge in [0.25, 0.3) is 0 Å². The van der Waals surface area contributed by atoms with E-state index in [9.17, 15) is 9.59 Å². The third-order valence-electron chi connectivity index (χ3n) is 3.00. The Morgan fingerprint density at radius 2 is 2.12 bits per heavy atom. The summed E-state index contributed by atoms with van der Waals surface area (Å²) in [5.74, 6) is -0.573. The molecule has 0 amide bonds. The Balaban J connectivity index is 2.16. The topological polar surface area (TPSA) is 112 Å². The quantitative estimate of drug-likeness (QED) is 0.583. The van der Waals surface area contributed by atoms with E-state index in [1.165, 1.54) is 13.2 Å². The second-order valence-electron chi connectivity index (χ2n) is 4.76. The van der Waals surface area contributed by atoms with Crippen LogP contribution in [0, 0.1) is 6.92 Å². The summed E-state index contributed by atoms with van der Waals surface area (Å²) in [6.07, 6.45) is 3.05. The molecular weight excluding hydrogens is 332 g/mol. The standard InChI is InChI=1S/C16H16N2O5S/c1-9-15(24-16(17)18-9)11(19)5-3-10-4-6-12(13(7-10)22-2)23-8-14(20)21/h3-7H,8H2,1-2H3,(H2,17,18)(H,20,21)/b5-3+. The molecule has 0 unspecified atom stereocenters. The number of methoxy groups -OCH3 is 1. The van der Waals surface area contributed by atoms with Crippen molar-refractivity contribution in [2.75, 3.05) is 19.5 Å². The van der Waals surface area contributed by atoms with Gasteiger partial charge in [-0.3, -0.25) is 4.79 Å². The number of anilines is 1. The minimum absolute atomic E-state index is 0.188. The van der Waals surface area contributed by atoms with Crippen LogP contribution in [0.5, 0.6) is 11.5 Å². The lowest BCUT2D eigenvalue weighted by Crippen LogP contribution is -2.10. The molecule has 0 fully saturated rings. The number of ether oxygens (including phenoxy) is 2. The Bertz CT molecular complexity index is 798. The van der Waals surface area contributed by atoms with Crippen molar-refractivity contribution in [3.63, 3.8) is 0 Å². The molecule has 0 spiro atoms. The van der Waals surface area contributed by atoms with Crippen LogP contribution in [0.15, 0.2) is 24.3 Å². The molecule has 0 aliphatic rings. The normalized spacial score (nSPS) is 10.8. The molecule has 7 nitrogen and oxygen atoms in total. The molecule has 0 aliphatic carbocycles. The average molecular weight is 348 g/mol. The van der Waals surface area contributed by atoms with Crippen LogP contribution >= 0.6 is 11.3 Å². The van der Waals surface area contributed by atoms with Crippen molar-refractivity contribution in [1.29, 1.82) is 0 Å². The monoisotopic (exact) mass is 348 g/mol. The molecule has 0 saturated heterocycles. The maximum Gasteiger partial charge on any atom is 0.341 e. The summed E-state index contributed by atoms with van der Waals surface area (Å²) in [6, 6.07) is 4.92. The minimum atomic E-state index is -1.08. The van der Waals surface area contributed by atoms with Crippen LogP contribution in [0.2, 0.25) is 0 Å². The number of carbonyl (C=O) groups excluding carboxylic acids is 1. The van der Waals surface area contributed by atoms with Gasteiger partial charge in [-0.15, -0.1) is 0 Å². The van der Waals surface area contributed by atoms with E-state index in [1.54, 1.807) is 31.2 Å². The highest BCUT2D eigenvalue weighted by atomic mass is 32.1. The van der Waals surface area contributed by atoms with E-state index in [0.29, 0.717) is 32.8 Å². The zero-order chi connectivity index (χ0) is 17.7. The van der Waals surface area contributed by atoms with Crippen LogP contribution in [-0.2, 0) is 4.79 Å². The summed E-state index contributed by atoms with van der Waals surface area (Å²) < 4.78 is 10.3.